The zero-order valence-electron chi connectivity index (χ0n) is 12.7. The molecule has 2 rings (SSSR count). The van der Waals surface area contributed by atoms with Crippen molar-refractivity contribution in [3.05, 3.63) is 35.4 Å². The quantitative estimate of drug-likeness (QED) is 0.848. The zero-order valence-corrected chi connectivity index (χ0v) is 12.7. The first-order chi connectivity index (χ1) is 10.5. The molecule has 0 spiro atoms. The number of carbonyl (C=O) groups is 1. The van der Waals surface area contributed by atoms with E-state index < -0.39 is 11.6 Å². The Morgan fingerprint density at radius 1 is 1.45 bits per heavy atom. The van der Waals surface area contributed by atoms with Crippen LogP contribution in [0.2, 0.25) is 0 Å². The van der Waals surface area contributed by atoms with E-state index in [2.05, 4.69) is 10.6 Å². The first-order valence-corrected chi connectivity index (χ1v) is 7.64. The highest BCUT2D eigenvalue weighted by Gasteiger charge is 2.17. The molecule has 0 aromatic heterocycles. The lowest BCUT2D eigenvalue weighted by Gasteiger charge is -2.17. The van der Waals surface area contributed by atoms with E-state index in [-0.39, 0.29) is 24.2 Å². The van der Waals surface area contributed by atoms with Gasteiger partial charge in [0, 0.05) is 24.8 Å². The lowest BCUT2D eigenvalue weighted by Crippen LogP contribution is -2.40. The summed E-state index contributed by atoms with van der Waals surface area (Å²) in [5, 5.41) is 5.32. The van der Waals surface area contributed by atoms with Crippen LogP contribution < -0.4 is 10.6 Å². The first-order valence-electron chi connectivity index (χ1n) is 7.64. The van der Waals surface area contributed by atoms with Crippen LogP contribution >= 0.6 is 0 Å². The van der Waals surface area contributed by atoms with Gasteiger partial charge in [0.15, 0.2) is 0 Å². The third-order valence-corrected chi connectivity index (χ3v) is 3.77. The molecule has 22 heavy (non-hydrogen) atoms. The highest BCUT2D eigenvalue weighted by atomic mass is 19.1. The average molecular weight is 312 g/mol. The highest BCUT2D eigenvalue weighted by Crippen LogP contribution is 2.17. The topological polar surface area (TPSA) is 50.4 Å². The van der Waals surface area contributed by atoms with E-state index >= 15 is 0 Å². The molecule has 6 heteroatoms. The lowest BCUT2D eigenvalue weighted by molar-refractivity contribution is 0.100. The summed E-state index contributed by atoms with van der Waals surface area (Å²) in [6.45, 7) is 2.69. The summed E-state index contributed by atoms with van der Waals surface area (Å²) in [6, 6.07) is 2.79. The average Bonchev–Trinajstić information content (AvgIpc) is 2.99. The fourth-order valence-electron chi connectivity index (χ4n) is 2.51. The third-order valence-electron chi connectivity index (χ3n) is 3.77. The Bertz CT molecular complexity index is 505. The summed E-state index contributed by atoms with van der Waals surface area (Å²) < 4.78 is 32.0. The van der Waals surface area contributed by atoms with E-state index in [9.17, 15) is 13.6 Å². The Morgan fingerprint density at radius 2 is 2.27 bits per heavy atom. The summed E-state index contributed by atoms with van der Waals surface area (Å²) in [5.41, 5.74) is 0.127. The highest BCUT2D eigenvalue weighted by molar-refractivity contribution is 5.74. The van der Waals surface area contributed by atoms with Crippen LogP contribution in [0, 0.1) is 11.6 Å². The Balaban J connectivity index is 1.69. The van der Waals surface area contributed by atoms with E-state index in [1.807, 2.05) is 6.92 Å². The van der Waals surface area contributed by atoms with Gasteiger partial charge in [0.05, 0.1) is 6.10 Å². The van der Waals surface area contributed by atoms with Crippen molar-refractivity contribution in [1.29, 1.82) is 0 Å². The number of hydrogen-bond acceptors (Lipinski definition) is 2. The second-order valence-electron chi connectivity index (χ2n) is 5.68. The number of urea groups is 1. The molecule has 1 aliphatic heterocycles. The molecule has 0 aliphatic carbocycles. The summed E-state index contributed by atoms with van der Waals surface area (Å²) in [5.74, 6) is -1.06. The lowest BCUT2D eigenvalue weighted by atomic mass is 10.1. The van der Waals surface area contributed by atoms with Gasteiger partial charge >= 0.3 is 6.03 Å². The number of hydrogen-bond donors (Lipinski definition) is 2. The molecule has 1 fully saturated rings. The molecule has 1 heterocycles. The summed E-state index contributed by atoms with van der Waals surface area (Å²) in [7, 11) is 0. The maximum atomic E-state index is 13.4. The number of carbonyl (C=O) groups excluding carboxylic acids is 1. The van der Waals surface area contributed by atoms with Gasteiger partial charge < -0.3 is 15.4 Å². The molecule has 0 bridgehead atoms. The van der Waals surface area contributed by atoms with Crippen molar-refractivity contribution in [3.63, 3.8) is 0 Å². The van der Waals surface area contributed by atoms with Crippen molar-refractivity contribution in [2.75, 3.05) is 6.61 Å². The molecule has 2 N–H and O–H groups in total. The van der Waals surface area contributed by atoms with Crippen LogP contribution in [0.5, 0.6) is 0 Å². The van der Waals surface area contributed by atoms with Gasteiger partial charge in [-0.3, -0.25) is 0 Å². The van der Waals surface area contributed by atoms with E-state index in [1.165, 1.54) is 0 Å². The fourth-order valence-corrected chi connectivity index (χ4v) is 2.51. The van der Waals surface area contributed by atoms with Crippen LogP contribution in [0.15, 0.2) is 18.2 Å². The van der Waals surface area contributed by atoms with Gasteiger partial charge in [-0.15, -0.1) is 0 Å². The Morgan fingerprint density at radius 3 is 3.00 bits per heavy atom. The van der Waals surface area contributed by atoms with Crippen molar-refractivity contribution < 1.29 is 18.3 Å². The van der Waals surface area contributed by atoms with Crippen LogP contribution in [-0.2, 0) is 11.3 Å². The van der Waals surface area contributed by atoms with Crippen molar-refractivity contribution >= 4 is 6.03 Å². The Labute approximate surface area is 129 Å². The maximum Gasteiger partial charge on any atom is 0.315 e. The summed E-state index contributed by atoms with van der Waals surface area (Å²) in [4.78, 5) is 11.7. The molecule has 122 valence electrons. The standard InChI is InChI=1S/C16H22F2N2O2/c1-11(4-6-14-3-2-8-22-14)20-16(21)19-10-12-9-13(17)5-7-15(12)18/h5,7,9,11,14H,2-4,6,8,10H2,1H3,(H2,19,20,21). The van der Waals surface area contributed by atoms with Crippen LogP contribution in [-0.4, -0.2) is 24.8 Å². The molecule has 1 aromatic rings. The van der Waals surface area contributed by atoms with E-state index in [4.69, 9.17) is 4.74 Å². The summed E-state index contributed by atoms with van der Waals surface area (Å²) in [6.07, 6.45) is 4.23. The maximum absolute atomic E-state index is 13.4. The Kier molecular flexibility index (Phi) is 6.12. The number of ether oxygens (including phenoxy) is 1. The van der Waals surface area contributed by atoms with E-state index in [0.717, 1.165) is 50.5 Å². The van der Waals surface area contributed by atoms with Gasteiger partial charge in [-0.05, 0) is 50.8 Å². The minimum atomic E-state index is -0.534. The Hall–Kier alpha value is -1.69. The van der Waals surface area contributed by atoms with Gasteiger partial charge in [0.25, 0.3) is 0 Å². The van der Waals surface area contributed by atoms with Crippen molar-refractivity contribution in [2.24, 2.45) is 0 Å². The molecule has 2 atom stereocenters. The minimum absolute atomic E-state index is 0.00144. The van der Waals surface area contributed by atoms with E-state index in [0.29, 0.717) is 6.10 Å². The number of benzene rings is 1. The van der Waals surface area contributed by atoms with Crippen molar-refractivity contribution in [3.8, 4) is 0 Å². The number of rotatable bonds is 6. The molecule has 0 radical (unpaired) electrons. The second-order valence-corrected chi connectivity index (χ2v) is 5.68. The van der Waals surface area contributed by atoms with Gasteiger partial charge in [0.1, 0.15) is 11.6 Å². The van der Waals surface area contributed by atoms with Crippen LogP contribution in [0.3, 0.4) is 0 Å². The SMILES string of the molecule is CC(CCC1CCCO1)NC(=O)NCc1cc(F)ccc1F. The molecule has 0 saturated carbocycles. The molecule has 2 amide bonds. The third kappa shape index (κ3) is 5.26. The van der Waals surface area contributed by atoms with Gasteiger partial charge in [0.2, 0.25) is 0 Å². The second kappa shape index (κ2) is 8.08. The van der Waals surface area contributed by atoms with Crippen LogP contribution in [0.25, 0.3) is 0 Å². The molecule has 4 nitrogen and oxygen atoms in total. The molecule has 1 aliphatic rings. The normalized spacial score (nSPS) is 19.0. The fraction of sp³-hybridized carbons (Fsp3) is 0.562. The van der Waals surface area contributed by atoms with Gasteiger partial charge in [-0.2, -0.15) is 0 Å². The van der Waals surface area contributed by atoms with E-state index in [1.54, 1.807) is 0 Å². The smallest absolute Gasteiger partial charge is 0.315 e. The van der Waals surface area contributed by atoms with Crippen molar-refractivity contribution in [2.45, 2.75) is 51.3 Å². The molecule has 1 saturated heterocycles. The number of nitrogens with one attached hydrogen (secondary N) is 2. The van der Waals surface area contributed by atoms with Gasteiger partial charge in [-0.1, -0.05) is 0 Å². The zero-order chi connectivity index (χ0) is 15.9. The van der Waals surface area contributed by atoms with Crippen molar-refractivity contribution in [1.82, 2.24) is 10.6 Å². The van der Waals surface area contributed by atoms with Crippen LogP contribution in [0.4, 0.5) is 13.6 Å². The largest absolute Gasteiger partial charge is 0.378 e. The van der Waals surface area contributed by atoms with Gasteiger partial charge in [-0.25, -0.2) is 13.6 Å². The minimum Gasteiger partial charge on any atom is -0.378 e. The number of halogens is 2. The number of amides is 2. The predicted molar refractivity (Wildman–Crippen MR) is 79.4 cm³/mol. The molecule has 1 aromatic carbocycles. The van der Waals surface area contributed by atoms with Crippen LogP contribution in [0.1, 0.15) is 38.2 Å². The predicted octanol–water partition coefficient (Wildman–Crippen LogP) is 3.11. The molecular formula is C16H22F2N2O2. The molecular weight excluding hydrogens is 290 g/mol. The molecule has 2 unspecified atom stereocenters. The first kappa shape index (κ1) is 16.7. The summed E-state index contributed by atoms with van der Waals surface area (Å²) >= 11 is 0. The monoisotopic (exact) mass is 312 g/mol.